The first-order valence-electron chi connectivity index (χ1n) is 4.17. The molecule has 1 aliphatic rings. The number of pyridine rings is 1. The van der Waals surface area contributed by atoms with Crippen LogP contribution in [0.5, 0.6) is 0 Å². The molecule has 0 saturated carbocycles. The van der Waals surface area contributed by atoms with E-state index >= 15 is 0 Å². The molecule has 12 heavy (non-hydrogen) atoms. The van der Waals surface area contributed by atoms with Crippen LogP contribution in [-0.4, -0.2) is 18.1 Å². The molecule has 1 aromatic heterocycles. The number of aromatic nitrogens is 1. The molecule has 64 valence electrons. The molecule has 0 bridgehead atoms. The summed E-state index contributed by atoms with van der Waals surface area (Å²) < 4.78 is 0. The van der Waals surface area contributed by atoms with Crippen LogP contribution in [0.2, 0.25) is 5.02 Å². The van der Waals surface area contributed by atoms with Gasteiger partial charge in [0.25, 0.3) is 0 Å². The van der Waals surface area contributed by atoms with E-state index in [4.69, 9.17) is 11.6 Å². The average Bonchev–Trinajstić information content (AvgIpc) is 2.56. The molecule has 2 nitrogen and oxygen atoms in total. The second-order valence-electron chi connectivity index (χ2n) is 3.13. The molecule has 0 unspecified atom stereocenters. The third-order valence-corrected chi connectivity index (χ3v) is 2.46. The molecule has 1 aromatic rings. The monoisotopic (exact) mass is 182 g/mol. The summed E-state index contributed by atoms with van der Waals surface area (Å²) in [6, 6.07) is 2.01. The maximum Gasteiger partial charge on any atom is 0.0592 e. The number of rotatable bonds is 1. The summed E-state index contributed by atoms with van der Waals surface area (Å²) in [5.41, 5.74) is 1.26. The number of hydrogen-bond acceptors (Lipinski definition) is 2. The lowest BCUT2D eigenvalue weighted by molar-refractivity contribution is 0.759. The zero-order chi connectivity index (χ0) is 8.39. The van der Waals surface area contributed by atoms with Gasteiger partial charge in [0, 0.05) is 18.9 Å². The van der Waals surface area contributed by atoms with Gasteiger partial charge in [0.2, 0.25) is 0 Å². The number of halogens is 1. The maximum absolute atomic E-state index is 5.84. The predicted octanol–water partition coefficient (Wildman–Crippen LogP) is 1.81. The van der Waals surface area contributed by atoms with Gasteiger partial charge in [-0.05, 0) is 30.5 Å². The second-order valence-corrected chi connectivity index (χ2v) is 3.56. The number of nitrogens with one attached hydrogen (secondary N) is 1. The predicted molar refractivity (Wildman–Crippen MR) is 49.5 cm³/mol. The van der Waals surface area contributed by atoms with Gasteiger partial charge in [-0.15, -0.1) is 0 Å². The first-order valence-corrected chi connectivity index (χ1v) is 4.55. The highest BCUT2D eigenvalue weighted by Crippen LogP contribution is 2.23. The van der Waals surface area contributed by atoms with Crippen LogP contribution in [0.25, 0.3) is 0 Å². The summed E-state index contributed by atoms with van der Waals surface area (Å²) in [5.74, 6) is 0.608. The number of hydrogen-bond donors (Lipinski definition) is 1. The van der Waals surface area contributed by atoms with Crippen LogP contribution in [0.4, 0.5) is 0 Å². The molecule has 1 atom stereocenters. The van der Waals surface area contributed by atoms with Crippen molar-refractivity contribution in [3.63, 3.8) is 0 Å². The van der Waals surface area contributed by atoms with Gasteiger partial charge in [-0.25, -0.2) is 0 Å². The standard InChI is InChI=1S/C9H11ClN2/c10-9-3-8(5-12-6-9)7-1-2-11-4-7/h3,5-7,11H,1-2,4H2/t7-/m1/s1. The molecule has 1 saturated heterocycles. The molecule has 0 aromatic carbocycles. The normalized spacial score (nSPS) is 22.9. The van der Waals surface area contributed by atoms with Crippen molar-refractivity contribution in [1.29, 1.82) is 0 Å². The summed E-state index contributed by atoms with van der Waals surface area (Å²) in [5, 5.41) is 4.05. The summed E-state index contributed by atoms with van der Waals surface area (Å²) in [7, 11) is 0. The molecule has 2 heterocycles. The molecule has 2 rings (SSSR count). The third kappa shape index (κ3) is 1.59. The minimum atomic E-state index is 0.608. The SMILES string of the molecule is Clc1cncc([C@@H]2CCNC2)c1. The van der Waals surface area contributed by atoms with Gasteiger partial charge < -0.3 is 5.32 Å². The van der Waals surface area contributed by atoms with Gasteiger partial charge in [-0.2, -0.15) is 0 Å². The Kier molecular flexibility index (Phi) is 2.28. The summed E-state index contributed by atoms with van der Waals surface area (Å²) in [6.07, 6.45) is 4.78. The van der Waals surface area contributed by atoms with Crippen molar-refractivity contribution in [2.75, 3.05) is 13.1 Å². The van der Waals surface area contributed by atoms with Crippen molar-refractivity contribution in [2.24, 2.45) is 0 Å². The van der Waals surface area contributed by atoms with E-state index in [-0.39, 0.29) is 0 Å². The summed E-state index contributed by atoms with van der Waals surface area (Å²) >= 11 is 5.84. The Morgan fingerprint density at radius 3 is 3.08 bits per heavy atom. The molecule has 1 fully saturated rings. The Labute approximate surface area is 77.0 Å². The third-order valence-electron chi connectivity index (χ3n) is 2.26. The highest BCUT2D eigenvalue weighted by Gasteiger charge is 2.16. The van der Waals surface area contributed by atoms with Crippen molar-refractivity contribution in [3.05, 3.63) is 29.0 Å². The fraction of sp³-hybridized carbons (Fsp3) is 0.444. The fourth-order valence-electron chi connectivity index (χ4n) is 1.59. The van der Waals surface area contributed by atoms with Crippen LogP contribution in [0.15, 0.2) is 18.5 Å². The van der Waals surface area contributed by atoms with Gasteiger partial charge >= 0.3 is 0 Å². The second kappa shape index (κ2) is 3.42. The quantitative estimate of drug-likeness (QED) is 0.717. The Morgan fingerprint density at radius 2 is 2.42 bits per heavy atom. The molecule has 0 radical (unpaired) electrons. The average molecular weight is 183 g/mol. The molecule has 1 aliphatic heterocycles. The van der Waals surface area contributed by atoms with E-state index in [2.05, 4.69) is 10.3 Å². The Hall–Kier alpha value is -0.600. The lowest BCUT2D eigenvalue weighted by Crippen LogP contribution is -2.07. The zero-order valence-electron chi connectivity index (χ0n) is 6.76. The largest absolute Gasteiger partial charge is 0.316 e. The van der Waals surface area contributed by atoms with Crippen molar-refractivity contribution in [1.82, 2.24) is 10.3 Å². The smallest absolute Gasteiger partial charge is 0.0592 e. The van der Waals surface area contributed by atoms with E-state index < -0.39 is 0 Å². The topological polar surface area (TPSA) is 24.9 Å². The van der Waals surface area contributed by atoms with Crippen molar-refractivity contribution in [3.8, 4) is 0 Å². The van der Waals surface area contributed by atoms with Gasteiger partial charge in [0.05, 0.1) is 5.02 Å². The van der Waals surface area contributed by atoms with E-state index in [1.54, 1.807) is 6.20 Å². The lowest BCUT2D eigenvalue weighted by atomic mass is 10.0. The maximum atomic E-state index is 5.84. The summed E-state index contributed by atoms with van der Waals surface area (Å²) in [4.78, 5) is 4.07. The molecule has 3 heteroatoms. The van der Waals surface area contributed by atoms with Crippen LogP contribution < -0.4 is 5.32 Å². The van der Waals surface area contributed by atoms with Crippen LogP contribution in [-0.2, 0) is 0 Å². The van der Waals surface area contributed by atoms with E-state index in [0.29, 0.717) is 5.92 Å². The molecule has 0 aliphatic carbocycles. The molecular weight excluding hydrogens is 172 g/mol. The van der Waals surface area contributed by atoms with Crippen LogP contribution in [0, 0.1) is 0 Å². The van der Waals surface area contributed by atoms with Gasteiger partial charge in [-0.3, -0.25) is 4.98 Å². The zero-order valence-corrected chi connectivity index (χ0v) is 7.51. The molecule has 0 amide bonds. The van der Waals surface area contributed by atoms with E-state index in [0.717, 1.165) is 18.1 Å². The minimum Gasteiger partial charge on any atom is -0.316 e. The van der Waals surface area contributed by atoms with Crippen molar-refractivity contribution >= 4 is 11.6 Å². The molecule has 0 spiro atoms. The van der Waals surface area contributed by atoms with Gasteiger partial charge in [0.15, 0.2) is 0 Å². The van der Waals surface area contributed by atoms with E-state index in [9.17, 15) is 0 Å². The van der Waals surface area contributed by atoms with Crippen LogP contribution in [0.1, 0.15) is 17.9 Å². The first kappa shape index (κ1) is 8.02. The Balaban J connectivity index is 2.21. The van der Waals surface area contributed by atoms with Crippen LogP contribution >= 0.6 is 11.6 Å². The molecule has 1 N–H and O–H groups in total. The van der Waals surface area contributed by atoms with E-state index in [1.807, 2.05) is 12.3 Å². The Morgan fingerprint density at radius 1 is 1.50 bits per heavy atom. The first-order chi connectivity index (χ1) is 5.86. The lowest BCUT2D eigenvalue weighted by Gasteiger charge is -2.07. The highest BCUT2D eigenvalue weighted by atomic mass is 35.5. The highest BCUT2D eigenvalue weighted by molar-refractivity contribution is 6.30. The van der Waals surface area contributed by atoms with Crippen molar-refractivity contribution < 1.29 is 0 Å². The van der Waals surface area contributed by atoms with Gasteiger partial charge in [-0.1, -0.05) is 11.6 Å². The van der Waals surface area contributed by atoms with Crippen molar-refractivity contribution in [2.45, 2.75) is 12.3 Å². The fourth-order valence-corrected chi connectivity index (χ4v) is 1.77. The summed E-state index contributed by atoms with van der Waals surface area (Å²) in [6.45, 7) is 2.17. The molecular formula is C9H11ClN2. The van der Waals surface area contributed by atoms with E-state index in [1.165, 1.54) is 12.0 Å². The Bertz CT molecular complexity index is 269. The van der Waals surface area contributed by atoms with Crippen LogP contribution in [0.3, 0.4) is 0 Å². The minimum absolute atomic E-state index is 0.608. The number of nitrogens with zero attached hydrogens (tertiary/aromatic N) is 1. The van der Waals surface area contributed by atoms with Gasteiger partial charge in [0.1, 0.15) is 0 Å².